The zero-order valence-electron chi connectivity index (χ0n) is 55.5. The molecule has 0 aromatic heterocycles. The van der Waals surface area contributed by atoms with Gasteiger partial charge in [0.25, 0.3) is 0 Å². The van der Waals surface area contributed by atoms with Crippen molar-refractivity contribution in [3.05, 3.63) is 23.3 Å². The Hall–Kier alpha value is -2.42. The number of ether oxygens (including phenoxy) is 16. The zero-order valence-corrected chi connectivity index (χ0v) is 55.5. The lowest BCUT2D eigenvalue weighted by Gasteiger charge is -2.58. The maximum Gasteiger partial charge on any atom is 0.331 e. The average molecular weight is 1350 g/mol. The van der Waals surface area contributed by atoms with Gasteiger partial charge in [0.2, 0.25) is 0 Å². The van der Waals surface area contributed by atoms with Gasteiger partial charge in [-0.1, -0.05) is 31.1 Å². The molecule has 36 atom stereocenters. The molecule has 538 valence electrons. The van der Waals surface area contributed by atoms with Crippen LogP contribution in [0.4, 0.5) is 0 Å². The van der Waals surface area contributed by atoms with Gasteiger partial charge in [0, 0.05) is 46.2 Å². The number of ketones is 1. The van der Waals surface area contributed by atoms with Crippen LogP contribution in [0.3, 0.4) is 0 Å². The van der Waals surface area contributed by atoms with Gasteiger partial charge in [-0.25, -0.2) is 4.79 Å². The summed E-state index contributed by atoms with van der Waals surface area (Å²) in [6.07, 6.45) is -26.2. The molecule has 0 aromatic carbocycles. The van der Waals surface area contributed by atoms with Crippen LogP contribution in [0.25, 0.3) is 0 Å². The van der Waals surface area contributed by atoms with Crippen molar-refractivity contribution in [3.63, 3.8) is 0 Å². The number of allylic oxidation sites excluding steroid dienone is 2. The molecule has 9 fully saturated rings. The van der Waals surface area contributed by atoms with E-state index >= 15 is 0 Å². The highest BCUT2D eigenvalue weighted by Crippen LogP contribution is 2.67. The molecule has 6 aliphatic heterocycles. The fourth-order valence-electron chi connectivity index (χ4n) is 17.2. The van der Waals surface area contributed by atoms with Gasteiger partial charge >= 0.3 is 5.97 Å². The number of carbonyl (C=O) groups is 2. The molecule has 94 heavy (non-hydrogen) atoms. The summed E-state index contributed by atoms with van der Waals surface area (Å²) in [6, 6.07) is 0. The molecular weight excluding hydrogens is 1240 g/mol. The van der Waals surface area contributed by atoms with E-state index in [0.29, 0.717) is 32.1 Å². The van der Waals surface area contributed by atoms with Crippen molar-refractivity contribution in [1.29, 1.82) is 0 Å². The molecule has 0 radical (unpaired) electrons. The lowest BCUT2D eigenvalue weighted by molar-refractivity contribution is -0.353. The smallest absolute Gasteiger partial charge is 0.331 e. The van der Waals surface area contributed by atoms with Crippen LogP contribution >= 0.6 is 0 Å². The number of methoxy groups -OCH3 is 3. The van der Waals surface area contributed by atoms with Crippen LogP contribution in [0.15, 0.2) is 23.3 Å². The van der Waals surface area contributed by atoms with Gasteiger partial charge in [0.15, 0.2) is 43.8 Å². The minimum absolute atomic E-state index is 0.00501. The number of aliphatic hydroxyl groups excluding tert-OH is 11. The minimum Gasteiger partial charge on any atom is -0.454 e. The number of aliphatic hydroxyl groups is 11. The molecule has 10 aliphatic rings. The summed E-state index contributed by atoms with van der Waals surface area (Å²) in [6.45, 7) is 13.2. The van der Waals surface area contributed by atoms with Crippen molar-refractivity contribution in [2.45, 2.75) is 297 Å². The second kappa shape index (κ2) is 30.8. The molecule has 11 N–H and O–H groups in total. The molecule has 0 bridgehead atoms. The van der Waals surface area contributed by atoms with E-state index in [-0.39, 0.29) is 41.5 Å². The van der Waals surface area contributed by atoms with Gasteiger partial charge in [-0.15, -0.1) is 0 Å². The van der Waals surface area contributed by atoms with Crippen molar-refractivity contribution in [2.75, 3.05) is 41.2 Å². The van der Waals surface area contributed by atoms with E-state index in [1.54, 1.807) is 21.1 Å². The first-order valence-electron chi connectivity index (χ1n) is 33.4. The number of esters is 1. The summed E-state index contributed by atoms with van der Waals surface area (Å²) in [5.41, 5.74) is 1.36. The average Bonchev–Trinajstić information content (AvgIpc) is 1.46. The van der Waals surface area contributed by atoms with Crippen molar-refractivity contribution >= 4 is 11.8 Å². The van der Waals surface area contributed by atoms with E-state index in [1.165, 1.54) is 25.7 Å². The topological polar surface area (TPSA) is 404 Å². The van der Waals surface area contributed by atoms with E-state index in [2.05, 4.69) is 19.9 Å². The molecule has 10 rings (SSSR count). The third-order valence-corrected chi connectivity index (χ3v) is 22.3. The predicted molar refractivity (Wildman–Crippen MR) is 320 cm³/mol. The van der Waals surface area contributed by atoms with E-state index in [0.717, 1.165) is 24.8 Å². The SMILES string of the molecule is CO[C@@H]1[C@@H](O)[C@H](O[C@H]2CC[C@@]3(C)C(=CC[C@H]4[C@@H]5C[C@@H](O[C@@H]6O[C@H](CO[C@@H]7O[C@H](CO[C@@H]8O[C@H](CO)[C@@H](O)[C@H](O)[C@H]8O)[C@@H](O)[C@H](O)[C@H]7O)[C@@H](O)[C@H](O)[C@H]6O)[C@H](C(C)=O)[C@@]5(C)CC[C@@H]43)C2)O[C@H](C)[C@H]1O[C@H]1C[C@H](OC)[C@H](O[C@H]2C[C@@H](OC)[C@H](OC(=O)C=C(C)C)[C@@H](C)O2)[C@@H](C)O1. The first kappa shape index (κ1) is 74.3. The van der Waals surface area contributed by atoms with Crippen molar-refractivity contribution in [2.24, 2.45) is 34.5 Å². The van der Waals surface area contributed by atoms with Gasteiger partial charge in [-0.3, -0.25) is 4.79 Å². The summed E-state index contributed by atoms with van der Waals surface area (Å²) in [5, 5.41) is 119. The summed E-state index contributed by atoms with van der Waals surface area (Å²) < 4.78 is 97.4. The fourth-order valence-corrected chi connectivity index (χ4v) is 17.2. The van der Waals surface area contributed by atoms with Gasteiger partial charge in [0.1, 0.15) is 110 Å². The highest BCUT2D eigenvalue weighted by Gasteiger charge is 2.64. The van der Waals surface area contributed by atoms with Crippen molar-refractivity contribution in [1.82, 2.24) is 0 Å². The predicted octanol–water partition coefficient (Wildman–Crippen LogP) is -0.948. The third kappa shape index (κ3) is 15.0. The van der Waals surface area contributed by atoms with E-state index in [1.807, 2.05) is 27.7 Å². The monoisotopic (exact) mass is 1350 g/mol. The number of fused-ring (bicyclic) bond motifs is 5. The van der Waals surface area contributed by atoms with Crippen LogP contribution in [-0.2, 0) is 85.4 Å². The number of Topliss-reactive ketones (excluding diaryl/α,β-unsaturated/α-hetero) is 1. The normalized spacial score (nSPS) is 50.6. The molecule has 6 heterocycles. The Labute approximate surface area is 548 Å². The van der Waals surface area contributed by atoms with Crippen LogP contribution in [0.5, 0.6) is 0 Å². The quantitative estimate of drug-likeness (QED) is 0.0375. The Balaban J connectivity index is 0.727. The third-order valence-electron chi connectivity index (χ3n) is 22.3. The summed E-state index contributed by atoms with van der Waals surface area (Å²) in [4.78, 5) is 26.4. The maximum atomic E-state index is 13.9. The molecule has 4 aliphatic carbocycles. The van der Waals surface area contributed by atoms with Crippen LogP contribution in [0.2, 0.25) is 0 Å². The highest BCUT2D eigenvalue weighted by atomic mass is 16.8. The maximum absolute atomic E-state index is 13.9. The van der Waals surface area contributed by atoms with Crippen LogP contribution in [0, 0.1) is 34.5 Å². The number of hydrogen-bond acceptors (Lipinski definition) is 29. The molecule has 3 saturated carbocycles. The first-order valence-corrected chi connectivity index (χ1v) is 33.4. The number of rotatable bonds is 21. The number of hydrogen-bond donors (Lipinski definition) is 11. The summed E-state index contributed by atoms with van der Waals surface area (Å²) in [7, 11) is 4.65. The lowest BCUT2D eigenvalue weighted by Crippen LogP contribution is -2.63. The van der Waals surface area contributed by atoms with E-state index in [9.17, 15) is 65.8 Å². The Kier molecular flexibility index (Phi) is 24.4. The lowest BCUT2D eigenvalue weighted by atomic mass is 9.47. The molecule has 29 heteroatoms. The minimum atomic E-state index is -1.87. The summed E-state index contributed by atoms with van der Waals surface area (Å²) >= 11 is 0. The Morgan fingerprint density at radius 3 is 1.63 bits per heavy atom. The fraction of sp³-hybridized carbons (Fsp3) is 0.908. The molecule has 0 unspecified atom stereocenters. The highest BCUT2D eigenvalue weighted by molar-refractivity contribution is 5.82. The Bertz CT molecular complexity index is 2580. The largest absolute Gasteiger partial charge is 0.454 e. The van der Waals surface area contributed by atoms with E-state index < -0.39 is 215 Å². The molecule has 0 amide bonds. The molecular formula is C65H104O29. The first-order chi connectivity index (χ1) is 44.5. The molecule has 6 saturated heterocycles. The van der Waals surface area contributed by atoms with Crippen LogP contribution in [-0.4, -0.2) is 293 Å². The second-order valence-electron chi connectivity index (χ2n) is 28.5. The standard InChI is InChI=1S/C65H104O29/c1-26(2)18-42(68)92-56-28(4)84-43(21-37(56)79-9)93-57-29(5)85-44(22-38(57)80-10)94-58-30(6)86-63(55(78)59(58)81-11)87-32-14-16-64(7)31(19-32)12-13-33-34(64)15-17-65(8)35(33)20-36(45(65)27(3)67)88-62-54(77)51(74)48(71)41(91-62)25-83-61-53(76)50(73)47(70)40(90-61)24-82-60-52(75)49(72)46(69)39(23-66)89-60/h12,18,28-30,32-41,43-63,66,69-78H,13-17,19-25H2,1-11H3/t28-,29-,30-,32+,33-,34+,35+,36-,37-,38+,39-,40-,41-,43+,44+,45+,46-,47-,48-,49+,50+,51+,52-,53-,54-,55-,56-,57-,58-,59-,60-,61-,62-,63+,64+,65+/m1/s1. The van der Waals surface area contributed by atoms with Crippen LogP contribution < -0.4 is 0 Å². The van der Waals surface area contributed by atoms with Gasteiger partial charge < -0.3 is 132 Å². The number of carbonyl (C=O) groups excluding carboxylic acids is 2. The van der Waals surface area contributed by atoms with E-state index in [4.69, 9.17) is 75.8 Å². The van der Waals surface area contributed by atoms with Gasteiger partial charge in [-0.2, -0.15) is 0 Å². The molecule has 0 aromatic rings. The molecule has 29 nitrogen and oxygen atoms in total. The van der Waals surface area contributed by atoms with Crippen molar-refractivity contribution in [3.8, 4) is 0 Å². The van der Waals surface area contributed by atoms with Crippen LogP contribution in [0.1, 0.15) is 113 Å². The molecule has 0 spiro atoms. The van der Waals surface area contributed by atoms with Crippen molar-refractivity contribution < 1.29 is 142 Å². The van der Waals surface area contributed by atoms with Gasteiger partial charge in [0.05, 0.1) is 56.4 Å². The summed E-state index contributed by atoms with van der Waals surface area (Å²) in [5.74, 6) is -0.788. The van der Waals surface area contributed by atoms with Gasteiger partial charge in [-0.05, 0) is 115 Å². The Morgan fingerprint density at radius 2 is 1.06 bits per heavy atom. The second-order valence-corrected chi connectivity index (χ2v) is 28.5. The Morgan fingerprint density at radius 1 is 0.543 bits per heavy atom. The zero-order chi connectivity index (χ0) is 68.2.